The van der Waals surface area contributed by atoms with E-state index in [0.29, 0.717) is 6.54 Å². The standard InChI is InChI=1S/C6H8F3N/c1-2-10-5-3-4-6(7,8)9/h10H,2,5H2,1H3. The zero-order valence-corrected chi connectivity index (χ0v) is 5.55. The topological polar surface area (TPSA) is 12.0 Å². The molecule has 0 atom stereocenters. The fraction of sp³-hybridized carbons (Fsp3) is 0.667. The summed E-state index contributed by atoms with van der Waals surface area (Å²) in [6.45, 7) is 2.53. The molecule has 0 aromatic carbocycles. The van der Waals surface area contributed by atoms with E-state index in [1.165, 1.54) is 0 Å². The molecule has 0 aliphatic carbocycles. The Balaban J connectivity index is 3.50. The van der Waals surface area contributed by atoms with E-state index in [9.17, 15) is 13.2 Å². The highest BCUT2D eigenvalue weighted by molar-refractivity contribution is 5.06. The number of alkyl halides is 3. The zero-order chi connectivity index (χ0) is 8.04. The van der Waals surface area contributed by atoms with Crippen LogP contribution >= 0.6 is 0 Å². The Morgan fingerprint density at radius 3 is 2.40 bits per heavy atom. The molecular formula is C6H8F3N. The van der Waals surface area contributed by atoms with Crippen molar-refractivity contribution < 1.29 is 13.2 Å². The second-order valence-electron chi connectivity index (χ2n) is 1.58. The monoisotopic (exact) mass is 151 g/mol. The molecule has 0 heterocycles. The van der Waals surface area contributed by atoms with E-state index in [2.05, 4.69) is 5.32 Å². The molecule has 58 valence electrons. The molecule has 0 aliphatic heterocycles. The smallest absolute Gasteiger partial charge is 0.307 e. The molecule has 1 nitrogen and oxygen atoms in total. The van der Waals surface area contributed by atoms with Crippen molar-refractivity contribution in [2.75, 3.05) is 13.1 Å². The molecule has 0 unspecified atom stereocenters. The number of hydrogen-bond donors (Lipinski definition) is 1. The number of rotatable bonds is 2. The highest BCUT2D eigenvalue weighted by atomic mass is 19.4. The van der Waals surface area contributed by atoms with Crippen LogP contribution in [0.15, 0.2) is 0 Å². The maximum atomic E-state index is 11.3. The molecule has 0 aromatic heterocycles. The Morgan fingerprint density at radius 1 is 1.40 bits per heavy atom. The Hall–Kier alpha value is -0.690. The first-order chi connectivity index (χ1) is 4.56. The average molecular weight is 151 g/mol. The number of halogens is 3. The molecule has 0 amide bonds. The Bertz CT molecular complexity index is 139. The van der Waals surface area contributed by atoms with Crippen molar-refractivity contribution in [1.29, 1.82) is 0 Å². The van der Waals surface area contributed by atoms with Gasteiger partial charge in [0.15, 0.2) is 0 Å². The van der Waals surface area contributed by atoms with Gasteiger partial charge in [0.2, 0.25) is 0 Å². The molecule has 0 saturated carbocycles. The van der Waals surface area contributed by atoms with Gasteiger partial charge >= 0.3 is 6.18 Å². The van der Waals surface area contributed by atoms with Gasteiger partial charge in [-0.2, -0.15) is 13.2 Å². The lowest BCUT2D eigenvalue weighted by molar-refractivity contribution is -0.0697. The molecule has 0 aliphatic rings. The van der Waals surface area contributed by atoms with Crippen molar-refractivity contribution >= 4 is 0 Å². The van der Waals surface area contributed by atoms with Gasteiger partial charge < -0.3 is 5.32 Å². The van der Waals surface area contributed by atoms with Crippen molar-refractivity contribution in [3.8, 4) is 11.8 Å². The van der Waals surface area contributed by atoms with Crippen LogP contribution in [0.3, 0.4) is 0 Å². The van der Waals surface area contributed by atoms with Crippen LogP contribution in [0.5, 0.6) is 0 Å². The molecule has 0 radical (unpaired) electrons. The summed E-state index contributed by atoms with van der Waals surface area (Å²) in [6, 6.07) is 0. The third-order valence-corrected chi connectivity index (χ3v) is 0.694. The predicted molar refractivity (Wildman–Crippen MR) is 32.4 cm³/mol. The van der Waals surface area contributed by atoms with Crippen LogP contribution in [0.2, 0.25) is 0 Å². The molecule has 0 rings (SSSR count). The lowest BCUT2D eigenvalue weighted by atomic mass is 10.5. The van der Waals surface area contributed by atoms with E-state index >= 15 is 0 Å². The molecule has 0 aromatic rings. The summed E-state index contributed by atoms with van der Waals surface area (Å²) in [7, 11) is 0. The second kappa shape index (κ2) is 4.18. The summed E-state index contributed by atoms with van der Waals surface area (Å²) >= 11 is 0. The van der Waals surface area contributed by atoms with E-state index in [1.54, 1.807) is 6.92 Å². The van der Waals surface area contributed by atoms with Crippen LogP contribution in [0.4, 0.5) is 13.2 Å². The quantitative estimate of drug-likeness (QED) is 0.461. The van der Waals surface area contributed by atoms with Crippen LogP contribution in [0, 0.1) is 11.8 Å². The highest BCUT2D eigenvalue weighted by Crippen LogP contribution is 2.11. The summed E-state index contributed by atoms with van der Waals surface area (Å²) in [5.74, 6) is 3.08. The van der Waals surface area contributed by atoms with Crippen molar-refractivity contribution in [3.05, 3.63) is 0 Å². The molecule has 4 heteroatoms. The molecular weight excluding hydrogens is 143 g/mol. The van der Waals surface area contributed by atoms with Gasteiger partial charge in [-0.05, 0) is 6.54 Å². The fourth-order valence-corrected chi connectivity index (χ4v) is 0.332. The van der Waals surface area contributed by atoms with Gasteiger partial charge in [0, 0.05) is 5.92 Å². The Kier molecular flexibility index (Phi) is 3.89. The Labute approximate surface area is 57.6 Å². The van der Waals surface area contributed by atoms with Crippen molar-refractivity contribution in [2.24, 2.45) is 0 Å². The first-order valence-electron chi connectivity index (χ1n) is 2.83. The summed E-state index contributed by atoms with van der Waals surface area (Å²) in [4.78, 5) is 0. The fourth-order valence-electron chi connectivity index (χ4n) is 0.332. The van der Waals surface area contributed by atoms with Gasteiger partial charge in [0.25, 0.3) is 0 Å². The first kappa shape index (κ1) is 9.31. The summed E-state index contributed by atoms with van der Waals surface area (Å²) in [6.07, 6.45) is -4.35. The van der Waals surface area contributed by atoms with Crippen LogP contribution in [0.25, 0.3) is 0 Å². The minimum absolute atomic E-state index is 0.0933. The maximum Gasteiger partial charge on any atom is 0.457 e. The maximum absolute atomic E-state index is 11.3. The van der Waals surface area contributed by atoms with E-state index in [4.69, 9.17) is 0 Å². The largest absolute Gasteiger partial charge is 0.457 e. The lowest BCUT2D eigenvalue weighted by Crippen LogP contribution is -2.13. The lowest BCUT2D eigenvalue weighted by Gasteiger charge is -1.92. The SMILES string of the molecule is CCNCC#CC(F)(F)F. The Morgan fingerprint density at radius 2 is 2.00 bits per heavy atom. The van der Waals surface area contributed by atoms with Crippen LogP contribution in [0.1, 0.15) is 6.92 Å². The summed E-state index contributed by atoms with van der Waals surface area (Å²) < 4.78 is 33.8. The zero-order valence-electron chi connectivity index (χ0n) is 5.55. The molecule has 0 spiro atoms. The highest BCUT2D eigenvalue weighted by Gasteiger charge is 2.22. The molecule has 1 N–H and O–H groups in total. The summed E-state index contributed by atoms with van der Waals surface area (Å²) in [5, 5.41) is 2.65. The minimum Gasteiger partial charge on any atom is -0.307 e. The molecule has 0 bridgehead atoms. The van der Waals surface area contributed by atoms with Gasteiger partial charge in [-0.1, -0.05) is 12.8 Å². The third kappa shape index (κ3) is 7.31. The van der Waals surface area contributed by atoms with E-state index in [0.717, 1.165) is 5.92 Å². The van der Waals surface area contributed by atoms with Gasteiger partial charge in [-0.15, -0.1) is 0 Å². The molecule has 0 fully saturated rings. The summed E-state index contributed by atoms with van der Waals surface area (Å²) in [5.41, 5.74) is 0. The van der Waals surface area contributed by atoms with Gasteiger partial charge in [-0.3, -0.25) is 0 Å². The van der Waals surface area contributed by atoms with Crippen LogP contribution < -0.4 is 5.32 Å². The molecule has 0 saturated heterocycles. The first-order valence-corrected chi connectivity index (χ1v) is 2.83. The molecule has 10 heavy (non-hydrogen) atoms. The van der Waals surface area contributed by atoms with Gasteiger partial charge in [0.05, 0.1) is 6.54 Å². The van der Waals surface area contributed by atoms with Crippen LogP contribution in [-0.2, 0) is 0 Å². The van der Waals surface area contributed by atoms with E-state index in [1.807, 2.05) is 5.92 Å². The van der Waals surface area contributed by atoms with Crippen molar-refractivity contribution in [2.45, 2.75) is 13.1 Å². The van der Waals surface area contributed by atoms with Crippen LogP contribution in [-0.4, -0.2) is 19.3 Å². The van der Waals surface area contributed by atoms with Crippen molar-refractivity contribution in [1.82, 2.24) is 5.32 Å². The average Bonchev–Trinajstić information content (AvgIpc) is 1.78. The normalized spacial score (nSPS) is 10.4. The van der Waals surface area contributed by atoms with Crippen molar-refractivity contribution in [3.63, 3.8) is 0 Å². The van der Waals surface area contributed by atoms with E-state index < -0.39 is 6.18 Å². The van der Waals surface area contributed by atoms with Gasteiger partial charge in [0.1, 0.15) is 0 Å². The predicted octanol–water partition coefficient (Wildman–Crippen LogP) is 1.16. The second-order valence-corrected chi connectivity index (χ2v) is 1.58. The third-order valence-electron chi connectivity index (χ3n) is 0.694. The number of nitrogens with one attached hydrogen (secondary N) is 1. The van der Waals surface area contributed by atoms with E-state index in [-0.39, 0.29) is 6.54 Å². The minimum atomic E-state index is -4.35. The number of hydrogen-bond acceptors (Lipinski definition) is 1. The van der Waals surface area contributed by atoms with Gasteiger partial charge in [-0.25, -0.2) is 0 Å².